The van der Waals surface area contributed by atoms with Gasteiger partial charge in [0, 0.05) is 12.0 Å². The van der Waals surface area contributed by atoms with Crippen molar-refractivity contribution in [2.24, 2.45) is 0 Å². The summed E-state index contributed by atoms with van der Waals surface area (Å²) in [7, 11) is 0. The Kier molecular flexibility index (Phi) is 4.53. The average Bonchev–Trinajstić information content (AvgIpc) is 2.82. The lowest BCUT2D eigenvalue weighted by Crippen LogP contribution is -2.08. The lowest BCUT2D eigenvalue weighted by molar-refractivity contribution is 0.0728. The van der Waals surface area contributed by atoms with Crippen LogP contribution in [0.3, 0.4) is 0 Å². The molecule has 18 heavy (non-hydrogen) atoms. The third-order valence-electron chi connectivity index (χ3n) is 2.83. The molecule has 2 rings (SSSR count). The van der Waals surface area contributed by atoms with E-state index in [0.717, 1.165) is 30.2 Å². The van der Waals surface area contributed by atoms with Crippen LogP contribution >= 0.6 is 0 Å². The highest BCUT2D eigenvalue weighted by molar-refractivity contribution is 5.98. The maximum absolute atomic E-state index is 11.8. The van der Waals surface area contributed by atoms with Crippen LogP contribution in [0.25, 0.3) is 11.0 Å². The molecule has 0 saturated heterocycles. The predicted molar refractivity (Wildman–Crippen MR) is 70.9 cm³/mol. The molecular weight excluding hydrogens is 228 g/mol. The number of benzene rings is 1. The highest BCUT2D eigenvalue weighted by atomic mass is 16.5. The molecule has 0 aliphatic rings. The number of unbranched alkanes of at least 4 members (excludes halogenated alkanes) is 2. The number of hydrogen-bond donors (Lipinski definition) is 0. The number of Topliss-reactive ketones (excluding diaryl/α,β-unsaturated/α-hetero) is 1. The van der Waals surface area contributed by atoms with E-state index >= 15 is 0 Å². The van der Waals surface area contributed by atoms with E-state index < -0.39 is 0 Å². The monoisotopic (exact) mass is 246 g/mol. The molecule has 1 aromatic carbocycles. The van der Waals surface area contributed by atoms with E-state index in [1.807, 2.05) is 24.3 Å². The Morgan fingerprint density at radius 1 is 1.28 bits per heavy atom. The standard InChI is InChI=1S/C15H18O3/c1-2-3-6-9-17-11-13(16)15-10-12-7-4-5-8-14(12)18-15/h4-5,7-8,10H,2-3,6,9,11H2,1H3. The first-order chi connectivity index (χ1) is 8.81. The number of ether oxygens (including phenoxy) is 1. The molecule has 3 nitrogen and oxygen atoms in total. The number of hydrogen-bond acceptors (Lipinski definition) is 3. The molecule has 0 atom stereocenters. The van der Waals surface area contributed by atoms with Gasteiger partial charge in [0.25, 0.3) is 0 Å². The maximum Gasteiger partial charge on any atom is 0.223 e. The van der Waals surface area contributed by atoms with Gasteiger partial charge in [-0.05, 0) is 18.6 Å². The summed E-state index contributed by atoms with van der Waals surface area (Å²) in [6.45, 7) is 2.88. The minimum absolute atomic E-state index is 0.0947. The summed E-state index contributed by atoms with van der Waals surface area (Å²) in [6, 6.07) is 9.37. The van der Waals surface area contributed by atoms with Gasteiger partial charge in [0.05, 0.1) is 0 Å². The summed E-state index contributed by atoms with van der Waals surface area (Å²) in [4.78, 5) is 11.8. The van der Waals surface area contributed by atoms with Gasteiger partial charge in [-0.15, -0.1) is 0 Å². The number of furan rings is 1. The van der Waals surface area contributed by atoms with Crippen LogP contribution in [0.15, 0.2) is 34.7 Å². The van der Waals surface area contributed by atoms with Gasteiger partial charge in [-0.1, -0.05) is 38.0 Å². The molecule has 0 aliphatic carbocycles. The molecule has 0 unspecified atom stereocenters. The summed E-state index contributed by atoms with van der Waals surface area (Å²) in [5, 5.41) is 0.951. The second kappa shape index (κ2) is 6.36. The van der Waals surface area contributed by atoms with Crippen LogP contribution in [-0.4, -0.2) is 19.0 Å². The van der Waals surface area contributed by atoms with Gasteiger partial charge in [0.15, 0.2) is 5.76 Å². The van der Waals surface area contributed by atoms with Crippen molar-refractivity contribution in [3.05, 3.63) is 36.1 Å². The van der Waals surface area contributed by atoms with Gasteiger partial charge in [-0.25, -0.2) is 0 Å². The molecule has 0 amide bonds. The molecule has 3 heteroatoms. The van der Waals surface area contributed by atoms with Crippen molar-refractivity contribution < 1.29 is 13.9 Å². The number of para-hydroxylation sites is 1. The zero-order valence-electron chi connectivity index (χ0n) is 10.6. The summed E-state index contributed by atoms with van der Waals surface area (Å²) < 4.78 is 10.8. The van der Waals surface area contributed by atoms with Gasteiger partial charge in [-0.3, -0.25) is 4.79 Å². The Morgan fingerprint density at radius 2 is 2.11 bits per heavy atom. The van der Waals surface area contributed by atoms with Gasteiger partial charge in [-0.2, -0.15) is 0 Å². The van der Waals surface area contributed by atoms with Crippen LogP contribution in [-0.2, 0) is 4.74 Å². The normalized spacial score (nSPS) is 10.9. The minimum atomic E-state index is -0.0947. The van der Waals surface area contributed by atoms with E-state index in [-0.39, 0.29) is 12.4 Å². The van der Waals surface area contributed by atoms with Crippen molar-refractivity contribution in [3.63, 3.8) is 0 Å². The molecule has 0 aliphatic heterocycles. The quantitative estimate of drug-likeness (QED) is 0.550. The van der Waals surface area contributed by atoms with Crippen LogP contribution in [0, 0.1) is 0 Å². The first-order valence-corrected chi connectivity index (χ1v) is 6.41. The van der Waals surface area contributed by atoms with Crippen molar-refractivity contribution in [3.8, 4) is 0 Å². The van der Waals surface area contributed by atoms with Crippen LogP contribution in [0.4, 0.5) is 0 Å². The lowest BCUT2D eigenvalue weighted by atomic mass is 10.2. The fourth-order valence-electron chi connectivity index (χ4n) is 1.81. The average molecular weight is 246 g/mol. The first kappa shape index (κ1) is 12.8. The van der Waals surface area contributed by atoms with Gasteiger partial charge in [0.2, 0.25) is 5.78 Å². The van der Waals surface area contributed by atoms with Crippen LogP contribution in [0.1, 0.15) is 36.7 Å². The molecule has 0 saturated carbocycles. The number of fused-ring (bicyclic) bond motifs is 1. The third-order valence-corrected chi connectivity index (χ3v) is 2.83. The third kappa shape index (κ3) is 3.20. The van der Waals surface area contributed by atoms with Crippen LogP contribution in [0.5, 0.6) is 0 Å². The summed E-state index contributed by atoms with van der Waals surface area (Å²) in [6.07, 6.45) is 3.30. The fourth-order valence-corrected chi connectivity index (χ4v) is 1.81. The SMILES string of the molecule is CCCCCOCC(=O)c1cc2ccccc2o1. The Hall–Kier alpha value is -1.61. The highest BCUT2D eigenvalue weighted by Gasteiger charge is 2.11. The number of rotatable bonds is 7. The maximum atomic E-state index is 11.8. The van der Waals surface area contributed by atoms with E-state index in [1.54, 1.807) is 6.07 Å². The van der Waals surface area contributed by atoms with Crippen LogP contribution in [0.2, 0.25) is 0 Å². The van der Waals surface area contributed by atoms with Gasteiger partial charge < -0.3 is 9.15 Å². The largest absolute Gasteiger partial charge is 0.453 e. The first-order valence-electron chi connectivity index (χ1n) is 6.41. The van der Waals surface area contributed by atoms with Crippen molar-refractivity contribution in [2.45, 2.75) is 26.2 Å². The van der Waals surface area contributed by atoms with E-state index in [4.69, 9.17) is 9.15 Å². The number of ketones is 1. The van der Waals surface area contributed by atoms with Crippen molar-refractivity contribution in [1.82, 2.24) is 0 Å². The molecular formula is C15H18O3. The predicted octanol–water partition coefficient (Wildman–Crippen LogP) is 3.82. The highest BCUT2D eigenvalue weighted by Crippen LogP contribution is 2.19. The summed E-state index contributed by atoms with van der Waals surface area (Å²) in [5.74, 6) is 0.286. The molecule has 1 heterocycles. The Balaban J connectivity index is 1.88. The minimum Gasteiger partial charge on any atom is -0.453 e. The topological polar surface area (TPSA) is 39.4 Å². The molecule has 0 fully saturated rings. The van der Waals surface area contributed by atoms with E-state index in [0.29, 0.717) is 12.4 Å². The van der Waals surface area contributed by atoms with Crippen molar-refractivity contribution in [1.29, 1.82) is 0 Å². The molecule has 2 aromatic rings. The molecule has 0 N–H and O–H groups in total. The fraction of sp³-hybridized carbons (Fsp3) is 0.400. The number of carbonyl (C=O) groups is 1. The van der Waals surface area contributed by atoms with E-state index in [1.165, 1.54) is 0 Å². The summed E-state index contributed by atoms with van der Waals surface area (Å²) >= 11 is 0. The molecule has 0 spiro atoms. The zero-order valence-corrected chi connectivity index (χ0v) is 10.6. The Labute approximate surface area is 107 Å². The Morgan fingerprint density at radius 3 is 2.89 bits per heavy atom. The molecule has 1 aromatic heterocycles. The second-order valence-electron chi connectivity index (χ2n) is 4.33. The Bertz CT molecular complexity index is 480. The number of carbonyl (C=O) groups excluding carboxylic acids is 1. The summed E-state index contributed by atoms with van der Waals surface area (Å²) in [5.41, 5.74) is 0.742. The lowest BCUT2D eigenvalue weighted by Gasteiger charge is -2.00. The van der Waals surface area contributed by atoms with Gasteiger partial charge >= 0.3 is 0 Å². The molecule has 0 bridgehead atoms. The van der Waals surface area contributed by atoms with Crippen molar-refractivity contribution in [2.75, 3.05) is 13.2 Å². The van der Waals surface area contributed by atoms with E-state index in [9.17, 15) is 4.79 Å². The van der Waals surface area contributed by atoms with Crippen LogP contribution < -0.4 is 0 Å². The smallest absolute Gasteiger partial charge is 0.223 e. The molecule has 0 radical (unpaired) electrons. The van der Waals surface area contributed by atoms with Crippen molar-refractivity contribution >= 4 is 16.8 Å². The van der Waals surface area contributed by atoms with Gasteiger partial charge in [0.1, 0.15) is 12.2 Å². The molecule has 96 valence electrons. The second-order valence-corrected chi connectivity index (χ2v) is 4.33. The van der Waals surface area contributed by atoms with E-state index in [2.05, 4.69) is 6.92 Å². The zero-order chi connectivity index (χ0) is 12.8.